The van der Waals surface area contributed by atoms with Crippen molar-refractivity contribution in [2.45, 2.75) is 47.6 Å². The zero-order valence-electron chi connectivity index (χ0n) is 15.9. The van der Waals surface area contributed by atoms with Crippen molar-refractivity contribution in [3.63, 3.8) is 0 Å². The highest BCUT2D eigenvalue weighted by molar-refractivity contribution is 8.13. The first kappa shape index (κ1) is 24.0. The van der Waals surface area contributed by atoms with Gasteiger partial charge in [0.2, 0.25) is 11.8 Å². The van der Waals surface area contributed by atoms with Gasteiger partial charge in [0.25, 0.3) is 0 Å². The molecule has 2 amide bonds. The molecule has 0 rings (SSSR count). The number of carbonyl (C=O) groups excluding carboxylic acids is 4. The van der Waals surface area contributed by atoms with Crippen molar-refractivity contribution in [3.05, 3.63) is 0 Å². The number of hydrogen-bond acceptors (Lipinski definition) is 6. The summed E-state index contributed by atoms with van der Waals surface area (Å²) in [6.45, 7) is 11.1. The summed E-state index contributed by atoms with van der Waals surface area (Å²) in [7, 11) is 0. The van der Waals surface area contributed by atoms with Gasteiger partial charge in [0, 0.05) is 35.8 Å². The molecule has 6 nitrogen and oxygen atoms in total. The molecule has 0 fully saturated rings. The van der Waals surface area contributed by atoms with Gasteiger partial charge in [-0.1, -0.05) is 65.1 Å². The molecule has 0 radical (unpaired) electrons. The molecule has 0 aromatic carbocycles. The lowest BCUT2D eigenvalue weighted by molar-refractivity contribution is -0.130. The highest BCUT2D eigenvalue weighted by Gasteiger charge is 2.23. The van der Waals surface area contributed by atoms with Crippen LogP contribution in [0.5, 0.6) is 0 Å². The molecule has 0 aliphatic rings. The molecule has 0 aliphatic heterocycles. The molecule has 0 aromatic rings. The molecular formula is C17H30N2O4S2. The number of rotatable bonds is 10. The van der Waals surface area contributed by atoms with E-state index in [4.69, 9.17) is 0 Å². The summed E-state index contributed by atoms with van der Waals surface area (Å²) < 4.78 is 0. The van der Waals surface area contributed by atoms with Crippen LogP contribution in [0.4, 0.5) is 0 Å². The summed E-state index contributed by atoms with van der Waals surface area (Å²) in [5.41, 5.74) is 0. The van der Waals surface area contributed by atoms with Crippen molar-refractivity contribution >= 4 is 45.6 Å². The predicted molar refractivity (Wildman–Crippen MR) is 104 cm³/mol. The molecule has 0 saturated carbocycles. The zero-order chi connectivity index (χ0) is 19.6. The zero-order valence-corrected chi connectivity index (χ0v) is 17.5. The fourth-order valence-corrected chi connectivity index (χ4v) is 3.11. The Morgan fingerprint density at radius 1 is 0.760 bits per heavy atom. The Labute approximate surface area is 159 Å². The van der Waals surface area contributed by atoms with Crippen LogP contribution in [0.25, 0.3) is 0 Å². The summed E-state index contributed by atoms with van der Waals surface area (Å²) in [5.74, 6) is -0.325. The van der Waals surface area contributed by atoms with Crippen molar-refractivity contribution in [1.29, 1.82) is 0 Å². The van der Waals surface area contributed by atoms with Crippen molar-refractivity contribution in [1.82, 2.24) is 10.6 Å². The molecule has 2 N–H and O–H groups in total. The summed E-state index contributed by atoms with van der Waals surface area (Å²) >= 11 is 2.23. The van der Waals surface area contributed by atoms with E-state index in [2.05, 4.69) is 10.6 Å². The smallest absolute Gasteiger partial charge is 0.243 e. The first-order valence-corrected chi connectivity index (χ1v) is 10.4. The average molecular weight is 391 g/mol. The minimum atomic E-state index is -0.770. The maximum atomic E-state index is 12.3. The van der Waals surface area contributed by atoms with Gasteiger partial charge in [-0.15, -0.1) is 0 Å². The summed E-state index contributed by atoms with van der Waals surface area (Å²) in [4.78, 5) is 47.5. The lowest BCUT2D eigenvalue weighted by atomic mass is 10.2. The maximum absolute atomic E-state index is 12.3. The quantitative estimate of drug-likeness (QED) is 0.555. The third kappa shape index (κ3) is 10.5. The van der Waals surface area contributed by atoms with E-state index in [-0.39, 0.29) is 45.6 Å². The number of thioether (sulfide) groups is 2. The Morgan fingerprint density at radius 3 is 1.76 bits per heavy atom. The highest BCUT2D eigenvalue weighted by atomic mass is 32.2. The van der Waals surface area contributed by atoms with Gasteiger partial charge in [0.15, 0.2) is 10.2 Å². The van der Waals surface area contributed by atoms with Crippen LogP contribution in [-0.2, 0) is 19.2 Å². The Hall–Kier alpha value is -1.02. The minimum Gasteiger partial charge on any atom is -0.353 e. The second-order valence-corrected chi connectivity index (χ2v) is 8.74. The normalized spacial score (nSPS) is 12.4. The molecule has 0 bridgehead atoms. The van der Waals surface area contributed by atoms with E-state index in [0.29, 0.717) is 12.3 Å². The monoisotopic (exact) mass is 390 g/mol. The predicted octanol–water partition coefficient (Wildman–Crippen LogP) is 2.07. The van der Waals surface area contributed by atoms with E-state index in [9.17, 15) is 19.2 Å². The van der Waals surface area contributed by atoms with E-state index in [1.165, 1.54) is 11.8 Å². The topological polar surface area (TPSA) is 92.3 Å². The molecule has 0 heterocycles. The maximum Gasteiger partial charge on any atom is 0.243 e. The third-order valence-corrected chi connectivity index (χ3v) is 5.56. The van der Waals surface area contributed by atoms with Crippen LogP contribution in [0.3, 0.4) is 0 Å². The van der Waals surface area contributed by atoms with Gasteiger partial charge < -0.3 is 10.6 Å². The van der Waals surface area contributed by atoms with E-state index >= 15 is 0 Å². The van der Waals surface area contributed by atoms with Gasteiger partial charge in [-0.2, -0.15) is 0 Å². The Morgan fingerprint density at radius 2 is 1.28 bits per heavy atom. The Bertz CT molecular complexity index is 479. The van der Waals surface area contributed by atoms with Crippen molar-refractivity contribution in [2.24, 2.45) is 17.8 Å². The van der Waals surface area contributed by atoms with Crippen LogP contribution in [-0.4, -0.2) is 46.1 Å². The van der Waals surface area contributed by atoms with E-state index < -0.39 is 6.04 Å². The number of nitrogens with one attached hydrogen (secondary N) is 2. The first-order chi connectivity index (χ1) is 11.6. The Balaban J connectivity index is 4.56. The van der Waals surface area contributed by atoms with Crippen LogP contribution in [0.1, 0.15) is 41.5 Å². The summed E-state index contributed by atoms with van der Waals surface area (Å²) in [6.07, 6.45) is 0. The summed E-state index contributed by atoms with van der Waals surface area (Å²) in [5, 5.41) is 5.47. The van der Waals surface area contributed by atoms with Crippen LogP contribution < -0.4 is 10.6 Å². The van der Waals surface area contributed by atoms with E-state index in [1.54, 1.807) is 27.7 Å². The molecule has 0 unspecified atom stereocenters. The lowest BCUT2D eigenvalue weighted by Gasteiger charge is -2.19. The molecule has 0 saturated heterocycles. The van der Waals surface area contributed by atoms with Gasteiger partial charge in [-0.05, 0) is 0 Å². The molecule has 0 spiro atoms. The van der Waals surface area contributed by atoms with Gasteiger partial charge in [-0.3, -0.25) is 19.2 Å². The molecule has 1 atom stereocenters. The summed E-state index contributed by atoms with van der Waals surface area (Å²) in [6, 6.07) is -0.770. The largest absolute Gasteiger partial charge is 0.353 e. The van der Waals surface area contributed by atoms with Gasteiger partial charge in [-0.25, -0.2) is 0 Å². The average Bonchev–Trinajstić information content (AvgIpc) is 2.53. The molecular weight excluding hydrogens is 360 g/mol. The molecule has 0 aliphatic carbocycles. The van der Waals surface area contributed by atoms with Crippen LogP contribution >= 0.6 is 23.5 Å². The van der Waals surface area contributed by atoms with Crippen molar-refractivity contribution in [3.8, 4) is 0 Å². The van der Waals surface area contributed by atoms with E-state index in [1.807, 2.05) is 13.8 Å². The van der Waals surface area contributed by atoms with Gasteiger partial charge in [0.05, 0.1) is 0 Å². The van der Waals surface area contributed by atoms with Gasteiger partial charge >= 0.3 is 0 Å². The van der Waals surface area contributed by atoms with Gasteiger partial charge in [0.1, 0.15) is 6.04 Å². The van der Waals surface area contributed by atoms with E-state index in [0.717, 1.165) is 11.8 Å². The number of carbonyl (C=O) groups is 4. The highest BCUT2D eigenvalue weighted by Crippen LogP contribution is 2.13. The fraction of sp³-hybridized carbons (Fsp3) is 0.765. The second-order valence-electron chi connectivity index (χ2n) is 6.61. The molecule has 144 valence electrons. The molecule has 0 aromatic heterocycles. The first-order valence-electron chi connectivity index (χ1n) is 8.47. The molecule has 25 heavy (non-hydrogen) atoms. The fourth-order valence-electron chi connectivity index (χ4n) is 1.47. The van der Waals surface area contributed by atoms with Crippen LogP contribution in [0.2, 0.25) is 0 Å². The second kappa shape index (κ2) is 12.4. The minimum absolute atomic E-state index is 0.0188. The number of hydrogen-bond donors (Lipinski definition) is 2. The van der Waals surface area contributed by atoms with Crippen LogP contribution in [0, 0.1) is 17.8 Å². The Kier molecular flexibility index (Phi) is 11.8. The molecule has 8 heteroatoms. The SMILES string of the molecule is CC(C)C(=O)N[C@@H](CSC(=O)C(C)C)C(=O)NCCSC(=O)C(C)C. The van der Waals surface area contributed by atoms with Crippen molar-refractivity contribution in [2.75, 3.05) is 18.1 Å². The standard InChI is InChI=1S/C17H30N2O4S2/c1-10(2)14(20)19-13(9-25-17(23)12(5)6)15(21)18-7-8-24-16(22)11(3)4/h10-13H,7-9H2,1-6H3,(H,18,21)(H,19,20)/t13-/m0/s1. The number of amides is 2. The lowest BCUT2D eigenvalue weighted by Crippen LogP contribution is -2.50. The van der Waals surface area contributed by atoms with Crippen molar-refractivity contribution < 1.29 is 19.2 Å². The van der Waals surface area contributed by atoms with Crippen LogP contribution in [0.15, 0.2) is 0 Å². The third-order valence-electron chi connectivity index (χ3n) is 3.14.